The molecule has 0 aromatic heterocycles. The summed E-state index contributed by atoms with van der Waals surface area (Å²) in [5.41, 5.74) is 1.47. The third kappa shape index (κ3) is 5.15. The Balaban J connectivity index is 1.22. The van der Waals surface area contributed by atoms with E-state index in [1.807, 2.05) is 24.3 Å². The van der Waals surface area contributed by atoms with Crippen molar-refractivity contribution in [1.82, 2.24) is 10.6 Å². The van der Waals surface area contributed by atoms with Gasteiger partial charge >= 0.3 is 0 Å². The molecule has 2 amide bonds. The van der Waals surface area contributed by atoms with E-state index in [4.69, 9.17) is 16.3 Å². The number of rotatable bonds is 5. The Bertz CT molecular complexity index is 1140. The van der Waals surface area contributed by atoms with Gasteiger partial charge in [0.25, 0.3) is 11.8 Å². The van der Waals surface area contributed by atoms with Crippen molar-refractivity contribution in [1.29, 1.82) is 0 Å². The van der Waals surface area contributed by atoms with E-state index in [0.717, 1.165) is 11.6 Å². The molecule has 33 heavy (non-hydrogen) atoms. The first kappa shape index (κ1) is 23.1. The van der Waals surface area contributed by atoms with Gasteiger partial charge in [0, 0.05) is 28.6 Å². The highest BCUT2D eigenvalue weighted by Crippen LogP contribution is 2.60. The minimum atomic E-state index is -0.600. The fourth-order valence-electron chi connectivity index (χ4n) is 4.56. The van der Waals surface area contributed by atoms with Crippen molar-refractivity contribution in [3.63, 3.8) is 0 Å². The molecule has 3 fully saturated rings. The van der Waals surface area contributed by atoms with Crippen molar-refractivity contribution in [2.75, 3.05) is 6.61 Å². The van der Waals surface area contributed by atoms with Crippen LogP contribution in [-0.2, 0) is 15.0 Å². The van der Waals surface area contributed by atoms with E-state index in [1.165, 1.54) is 17.7 Å². The molecule has 0 atom stereocenters. The van der Waals surface area contributed by atoms with Gasteiger partial charge in [0.15, 0.2) is 6.61 Å². The largest absolute Gasteiger partial charge is 0.484 e. The Morgan fingerprint density at radius 2 is 1.70 bits per heavy atom. The molecule has 0 heterocycles. The molecule has 0 radical (unpaired) electrons. The lowest BCUT2D eigenvalue weighted by atomic mass is 9.44. The molecule has 3 saturated carbocycles. The molecule has 3 aliphatic rings. The second-order valence-corrected chi connectivity index (χ2v) is 10.4. The summed E-state index contributed by atoms with van der Waals surface area (Å²) in [5, 5.41) is 5.94. The van der Waals surface area contributed by atoms with Gasteiger partial charge in [-0.3, -0.25) is 9.59 Å². The van der Waals surface area contributed by atoms with Gasteiger partial charge in [-0.05, 0) is 54.5 Å². The normalized spacial score (nSPS) is 22.7. The summed E-state index contributed by atoms with van der Waals surface area (Å²) < 4.78 is 18.8. The molecule has 2 bridgehead atoms. The second-order valence-electron chi connectivity index (χ2n) is 10.0. The molecule has 0 unspecified atom stereocenters. The van der Waals surface area contributed by atoms with Crippen molar-refractivity contribution >= 4 is 23.4 Å². The van der Waals surface area contributed by atoms with Crippen LogP contribution in [0.3, 0.4) is 0 Å². The first-order valence-electron chi connectivity index (χ1n) is 10.8. The van der Waals surface area contributed by atoms with E-state index in [0.29, 0.717) is 19.3 Å². The highest BCUT2D eigenvalue weighted by Gasteiger charge is 2.69. The minimum absolute atomic E-state index is 0.00357. The second kappa shape index (κ2) is 8.39. The quantitative estimate of drug-likeness (QED) is 0.649. The van der Waals surface area contributed by atoms with Crippen LogP contribution in [0.15, 0.2) is 42.5 Å². The number of carbonyl (C=O) groups is 2. The molecule has 0 aliphatic heterocycles. The van der Waals surface area contributed by atoms with Crippen molar-refractivity contribution in [3.8, 4) is 17.6 Å². The first-order chi connectivity index (χ1) is 15.5. The number of carbonyl (C=O) groups excluding carboxylic acids is 2. The van der Waals surface area contributed by atoms with Gasteiger partial charge < -0.3 is 15.4 Å². The maximum atomic E-state index is 13.4. The molecular formula is C26H26ClFN2O3. The lowest BCUT2D eigenvalue weighted by Gasteiger charge is -2.70. The summed E-state index contributed by atoms with van der Waals surface area (Å²) in [6.07, 6.45) is 1.99. The third-order valence-electron chi connectivity index (χ3n) is 6.15. The van der Waals surface area contributed by atoms with Crippen LogP contribution in [0.25, 0.3) is 0 Å². The lowest BCUT2D eigenvalue weighted by molar-refractivity contribution is -0.148. The zero-order valence-corrected chi connectivity index (χ0v) is 19.6. The van der Waals surface area contributed by atoms with Crippen LogP contribution in [0.1, 0.15) is 51.2 Å². The van der Waals surface area contributed by atoms with Crippen LogP contribution in [0.5, 0.6) is 5.75 Å². The Morgan fingerprint density at radius 3 is 2.30 bits per heavy atom. The maximum absolute atomic E-state index is 13.4. The summed E-state index contributed by atoms with van der Waals surface area (Å²) in [6.45, 7) is 6.22. The Morgan fingerprint density at radius 1 is 1.06 bits per heavy atom. The molecule has 7 heteroatoms. The number of hydrogen-bond acceptors (Lipinski definition) is 3. The van der Waals surface area contributed by atoms with Gasteiger partial charge in [0.2, 0.25) is 0 Å². The molecule has 0 spiro atoms. The van der Waals surface area contributed by atoms with Crippen LogP contribution in [0, 0.1) is 17.7 Å². The predicted molar refractivity (Wildman–Crippen MR) is 125 cm³/mol. The van der Waals surface area contributed by atoms with Gasteiger partial charge in [0.1, 0.15) is 11.6 Å². The van der Waals surface area contributed by atoms with Crippen LogP contribution in [-0.4, -0.2) is 29.5 Å². The Hall–Kier alpha value is -3.04. The average molecular weight is 469 g/mol. The van der Waals surface area contributed by atoms with Crippen molar-refractivity contribution in [3.05, 3.63) is 64.4 Å². The molecule has 172 valence electrons. The van der Waals surface area contributed by atoms with Gasteiger partial charge in [-0.1, -0.05) is 50.4 Å². The van der Waals surface area contributed by atoms with Crippen molar-refractivity contribution in [2.24, 2.45) is 0 Å². The Kier molecular flexibility index (Phi) is 5.88. The molecule has 3 aliphatic carbocycles. The van der Waals surface area contributed by atoms with E-state index in [-0.39, 0.29) is 45.7 Å². The number of ether oxygens (including phenoxy) is 1. The van der Waals surface area contributed by atoms with Crippen LogP contribution < -0.4 is 15.4 Å². The van der Waals surface area contributed by atoms with E-state index >= 15 is 0 Å². The van der Waals surface area contributed by atoms with Gasteiger partial charge in [-0.25, -0.2) is 4.39 Å². The number of amides is 2. The fourth-order valence-corrected chi connectivity index (χ4v) is 4.67. The van der Waals surface area contributed by atoms with E-state index in [2.05, 4.69) is 43.2 Å². The molecule has 2 aromatic rings. The molecule has 5 nitrogen and oxygen atoms in total. The number of nitrogens with one attached hydrogen (secondary N) is 2. The van der Waals surface area contributed by atoms with Crippen LogP contribution in [0.2, 0.25) is 5.02 Å². The minimum Gasteiger partial charge on any atom is -0.484 e. The summed E-state index contributed by atoms with van der Waals surface area (Å²) in [7, 11) is 0. The highest BCUT2D eigenvalue weighted by atomic mass is 35.5. The topological polar surface area (TPSA) is 67.4 Å². The summed E-state index contributed by atoms with van der Waals surface area (Å²) in [4.78, 5) is 24.5. The zero-order valence-electron chi connectivity index (χ0n) is 18.9. The number of benzene rings is 2. The molecular weight excluding hydrogens is 443 g/mol. The monoisotopic (exact) mass is 468 g/mol. The van der Waals surface area contributed by atoms with Crippen LogP contribution in [0.4, 0.5) is 4.39 Å². The fraction of sp³-hybridized carbons (Fsp3) is 0.385. The maximum Gasteiger partial charge on any atom is 0.296 e. The number of halogens is 2. The molecule has 2 aromatic carbocycles. The Labute approximate surface area is 198 Å². The first-order valence-corrected chi connectivity index (χ1v) is 11.2. The van der Waals surface area contributed by atoms with Gasteiger partial charge in [-0.2, -0.15) is 0 Å². The SMILES string of the molecule is CC(C)(C)c1ccc(C#CC(=O)NC23CC(NC(=O)COc4ccc(Cl)c(F)c4)(C2)C3)cc1. The van der Waals surface area contributed by atoms with Gasteiger partial charge in [0.05, 0.1) is 5.02 Å². The standard InChI is InChI=1S/C26H26ClFN2O3/c1-24(2,3)18-7-4-17(5-8-18)6-11-22(31)29-25-14-26(15-25,16-25)30-23(32)13-33-19-9-10-20(27)21(28)12-19/h4-5,7-10,12H,13-16H2,1-3H3,(H,29,31)(H,30,32). The number of hydrogen-bond donors (Lipinski definition) is 2. The zero-order chi connectivity index (χ0) is 23.9. The smallest absolute Gasteiger partial charge is 0.296 e. The van der Waals surface area contributed by atoms with Crippen molar-refractivity contribution in [2.45, 2.75) is 56.5 Å². The summed E-state index contributed by atoms with van der Waals surface area (Å²) in [5.74, 6) is 4.60. The predicted octanol–water partition coefficient (Wildman–Crippen LogP) is 4.11. The van der Waals surface area contributed by atoms with Gasteiger partial charge in [-0.15, -0.1) is 0 Å². The van der Waals surface area contributed by atoms with Crippen LogP contribution >= 0.6 is 11.6 Å². The summed E-state index contributed by atoms with van der Waals surface area (Å²) >= 11 is 5.63. The molecule has 2 N–H and O–H groups in total. The lowest BCUT2D eigenvalue weighted by Crippen LogP contribution is -2.84. The molecule has 0 saturated heterocycles. The van der Waals surface area contributed by atoms with E-state index in [1.54, 1.807) is 0 Å². The van der Waals surface area contributed by atoms with E-state index in [9.17, 15) is 14.0 Å². The third-order valence-corrected chi connectivity index (χ3v) is 6.45. The van der Waals surface area contributed by atoms with Crippen molar-refractivity contribution < 1.29 is 18.7 Å². The van der Waals surface area contributed by atoms with E-state index < -0.39 is 5.82 Å². The molecule has 5 rings (SSSR count). The average Bonchev–Trinajstić information content (AvgIpc) is 2.70. The highest BCUT2D eigenvalue weighted by molar-refractivity contribution is 6.30. The summed E-state index contributed by atoms with van der Waals surface area (Å²) in [6, 6.07) is 11.9.